The fourth-order valence-electron chi connectivity index (χ4n) is 4.91. The molecular formula is C30H35N5O2. The van der Waals surface area contributed by atoms with Gasteiger partial charge in [0.05, 0.1) is 18.4 Å². The van der Waals surface area contributed by atoms with Crippen molar-refractivity contribution in [2.24, 2.45) is 5.92 Å². The number of hydrogen-bond acceptors (Lipinski definition) is 7. The van der Waals surface area contributed by atoms with Gasteiger partial charge in [-0.3, -0.25) is 9.88 Å². The fraction of sp³-hybridized carbons (Fsp3) is 0.400. The van der Waals surface area contributed by atoms with Crippen LogP contribution >= 0.6 is 0 Å². The van der Waals surface area contributed by atoms with Gasteiger partial charge in [-0.05, 0) is 55.0 Å². The maximum atomic E-state index is 11.2. The number of aliphatic hydroxyl groups excluding tert-OH is 1. The second-order valence-corrected chi connectivity index (χ2v) is 9.87. The van der Waals surface area contributed by atoms with Gasteiger partial charge in [0.1, 0.15) is 17.8 Å². The van der Waals surface area contributed by atoms with Crippen molar-refractivity contribution < 1.29 is 9.84 Å². The zero-order valence-electron chi connectivity index (χ0n) is 21.7. The number of aryl methyl sites for hydroxylation is 1. The molecule has 192 valence electrons. The quantitative estimate of drug-likeness (QED) is 0.481. The third-order valence-corrected chi connectivity index (χ3v) is 7.27. The van der Waals surface area contributed by atoms with Crippen molar-refractivity contribution in [3.05, 3.63) is 71.2 Å². The third kappa shape index (κ3) is 5.94. The summed E-state index contributed by atoms with van der Waals surface area (Å²) in [6.07, 6.45) is 6.30. The van der Waals surface area contributed by atoms with Crippen LogP contribution in [0.25, 0.3) is 11.1 Å². The van der Waals surface area contributed by atoms with Crippen molar-refractivity contribution in [2.45, 2.75) is 32.4 Å². The Labute approximate surface area is 219 Å². The van der Waals surface area contributed by atoms with Crippen LogP contribution < -0.4 is 10.5 Å². The average molecular weight is 498 g/mol. The number of nitrogen functional groups attached to an aromatic ring is 1. The van der Waals surface area contributed by atoms with E-state index in [1.54, 1.807) is 19.4 Å². The van der Waals surface area contributed by atoms with Gasteiger partial charge in [0.15, 0.2) is 0 Å². The highest BCUT2D eigenvalue weighted by Gasteiger charge is 2.29. The number of ether oxygens (including phenoxy) is 1. The van der Waals surface area contributed by atoms with E-state index in [0.29, 0.717) is 11.6 Å². The molecule has 2 aromatic heterocycles. The lowest BCUT2D eigenvalue weighted by Gasteiger charge is -2.37. The SMILES string of the molecule is CCc1nccc(-c2ccc(C(O)N3CCN(CC4CC4)CC3)c(OC)c2)c1C#Cc1ccc(N)nc1. The van der Waals surface area contributed by atoms with E-state index >= 15 is 0 Å². The van der Waals surface area contributed by atoms with Crippen LogP contribution in [0.5, 0.6) is 5.75 Å². The molecule has 2 fully saturated rings. The predicted molar refractivity (Wildman–Crippen MR) is 146 cm³/mol. The number of nitrogens with two attached hydrogens (primary N) is 1. The highest BCUT2D eigenvalue weighted by molar-refractivity contribution is 5.74. The molecule has 3 heterocycles. The number of methoxy groups -OCH3 is 1. The second kappa shape index (κ2) is 11.3. The summed E-state index contributed by atoms with van der Waals surface area (Å²) in [4.78, 5) is 13.4. The molecule has 0 amide bonds. The standard InChI is InChI=1S/C30H35N5O2/c1-3-27-25(9-6-21-7-11-29(31)33-19-21)24(12-13-32-27)23-8-10-26(28(18-23)37-2)30(36)35-16-14-34(15-17-35)20-22-4-5-22/h7-8,10-13,18-19,22,30,36H,3-5,14-17,20H2,1-2H3,(H2,31,33). The van der Waals surface area contributed by atoms with Crippen LogP contribution in [0.4, 0.5) is 5.82 Å². The number of aromatic nitrogens is 2. The zero-order valence-corrected chi connectivity index (χ0v) is 21.7. The first-order valence-corrected chi connectivity index (χ1v) is 13.1. The number of piperazine rings is 1. The maximum absolute atomic E-state index is 11.2. The third-order valence-electron chi connectivity index (χ3n) is 7.27. The molecule has 0 spiro atoms. The summed E-state index contributed by atoms with van der Waals surface area (Å²) < 4.78 is 5.77. The van der Waals surface area contributed by atoms with Gasteiger partial charge in [-0.25, -0.2) is 4.98 Å². The molecule has 7 nitrogen and oxygen atoms in total. The largest absolute Gasteiger partial charge is 0.496 e. The van der Waals surface area contributed by atoms with Crippen molar-refractivity contribution in [2.75, 3.05) is 45.6 Å². The van der Waals surface area contributed by atoms with E-state index in [-0.39, 0.29) is 0 Å². The van der Waals surface area contributed by atoms with Crippen LogP contribution in [0.3, 0.4) is 0 Å². The first-order chi connectivity index (χ1) is 18.1. The Morgan fingerprint density at radius 1 is 1.08 bits per heavy atom. The number of aliphatic hydroxyl groups is 1. The van der Waals surface area contributed by atoms with Crippen molar-refractivity contribution in [1.82, 2.24) is 19.8 Å². The topological polar surface area (TPSA) is 87.7 Å². The summed E-state index contributed by atoms with van der Waals surface area (Å²) in [5.41, 5.74) is 11.0. The van der Waals surface area contributed by atoms with Crippen LogP contribution in [0.1, 0.15) is 48.4 Å². The minimum Gasteiger partial charge on any atom is -0.496 e. The van der Waals surface area contributed by atoms with Crippen molar-refractivity contribution in [1.29, 1.82) is 0 Å². The van der Waals surface area contributed by atoms with Crippen LogP contribution in [0.15, 0.2) is 48.8 Å². The number of hydrogen-bond donors (Lipinski definition) is 2. The van der Waals surface area contributed by atoms with E-state index in [1.165, 1.54) is 19.4 Å². The summed E-state index contributed by atoms with van der Waals surface area (Å²) in [5, 5.41) is 11.2. The van der Waals surface area contributed by atoms with Crippen LogP contribution in [-0.2, 0) is 6.42 Å². The first kappa shape index (κ1) is 25.2. The van der Waals surface area contributed by atoms with Gasteiger partial charge in [0.25, 0.3) is 0 Å². The first-order valence-electron chi connectivity index (χ1n) is 13.1. The predicted octanol–water partition coefficient (Wildman–Crippen LogP) is 3.72. The van der Waals surface area contributed by atoms with Gasteiger partial charge >= 0.3 is 0 Å². The molecule has 1 saturated heterocycles. The van der Waals surface area contributed by atoms with Gasteiger partial charge in [0.2, 0.25) is 0 Å². The number of pyridine rings is 2. The molecule has 7 heteroatoms. The van der Waals surface area contributed by atoms with Gasteiger partial charge in [0, 0.05) is 61.8 Å². The van der Waals surface area contributed by atoms with E-state index in [0.717, 1.165) is 72.0 Å². The lowest BCUT2D eigenvalue weighted by Crippen LogP contribution is -2.48. The molecule has 3 aromatic rings. The van der Waals surface area contributed by atoms with E-state index in [9.17, 15) is 5.11 Å². The molecule has 2 aliphatic rings. The Hall–Kier alpha value is -3.44. The van der Waals surface area contributed by atoms with Gasteiger partial charge in [-0.15, -0.1) is 0 Å². The van der Waals surface area contributed by atoms with Crippen molar-refractivity contribution in [3.63, 3.8) is 0 Å². The Morgan fingerprint density at radius 3 is 2.57 bits per heavy atom. The summed E-state index contributed by atoms with van der Waals surface area (Å²) in [6, 6.07) is 11.6. The lowest BCUT2D eigenvalue weighted by molar-refractivity contribution is -0.0290. The Kier molecular flexibility index (Phi) is 7.71. The summed E-state index contributed by atoms with van der Waals surface area (Å²) in [6.45, 7) is 6.97. The highest BCUT2D eigenvalue weighted by atomic mass is 16.5. The molecule has 1 aliphatic carbocycles. The molecule has 37 heavy (non-hydrogen) atoms. The van der Waals surface area contributed by atoms with E-state index in [2.05, 4.69) is 38.5 Å². The van der Waals surface area contributed by atoms with E-state index in [4.69, 9.17) is 10.5 Å². The Balaban J connectivity index is 1.40. The molecule has 1 aliphatic heterocycles. The minimum atomic E-state index is -0.701. The molecule has 1 atom stereocenters. The van der Waals surface area contributed by atoms with E-state index < -0.39 is 6.23 Å². The summed E-state index contributed by atoms with van der Waals surface area (Å²) >= 11 is 0. The maximum Gasteiger partial charge on any atom is 0.137 e. The van der Waals surface area contributed by atoms with Crippen molar-refractivity contribution in [3.8, 4) is 28.7 Å². The average Bonchev–Trinajstić information content (AvgIpc) is 3.76. The zero-order chi connectivity index (χ0) is 25.8. The molecule has 5 rings (SSSR count). The molecule has 1 aromatic carbocycles. The monoisotopic (exact) mass is 497 g/mol. The molecule has 1 unspecified atom stereocenters. The van der Waals surface area contributed by atoms with Crippen molar-refractivity contribution >= 4 is 5.82 Å². The second-order valence-electron chi connectivity index (χ2n) is 9.87. The number of nitrogens with zero attached hydrogens (tertiary/aromatic N) is 4. The van der Waals surface area contributed by atoms with Gasteiger partial charge < -0.3 is 20.5 Å². The van der Waals surface area contributed by atoms with Gasteiger partial charge in [-0.1, -0.05) is 30.9 Å². The smallest absolute Gasteiger partial charge is 0.137 e. The molecule has 0 radical (unpaired) electrons. The lowest BCUT2D eigenvalue weighted by atomic mass is 9.96. The Morgan fingerprint density at radius 2 is 1.89 bits per heavy atom. The normalized spacial score (nSPS) is 17.2. The minimum absolute atomic E-state index is 0.469. The Bertz CT molecular complexity index is 1290. The highest BCUT2D eigenvalue weighted by Crippen LogP contribution is 2.35. The van der Waals surface area contributed by atoms with Crippen LogP contribution in [0.2, 0.25) is 0 Å². The molecule has 1 saturated carbocycles. The van der Waals surface area contributed by atoms with Crippen LogP contribution in [0, 0.1) is 17.8 Å². The fourth-order valence-corrected chi connectivity index (χ4v) is 4.91. The summed E-state index contributed by atoms with van der Waals surface area (Å²) in [5.74, 6) is 8.55. The van der Waals surface area contributed by atoms with Gasteiger partial charge in [-0.2, -0.15) is 0 Å². The summed E-state index contributed by atoms with van der Waals surface area (Å²) in [7, 11) is 1.65. The number of rotatable bonds is 7. The molecular weight excluding hydrogens is 462 g/mol. The number of anilines is 1. The number of benzene rings is 1. The van der Waals surface area contributed by atoms with Crippen LogP contribution in [-0.4, -0.2) is 64.7 Å². The molecule has 0 bridgehead atoms. The molecule has 3 N–H and O–H groups in total. The van der Waals surface area contributed by atoms with E-state index in [1.807, 2.05) is 36.5 Å².